The fourth-order valence-electron chi connectivity index (χ4n) is 4.03. The highest BCUT2D eigenvalue weighted by Crippen LogP contribution is 2.34. The third kappa shape index (κ3) is 4.18. The molecule has 2 aromatic carbocycles. The quantitative estimate of drug-likeness (QED) is 0.380. The summed E-state index contributed by atoms with van der Waals surface area (Å²) in [5.74, 6) is 1.81. The van der Waals surface area contributed by atoms with Crippen molar-refractivity contribution in [2.24, 2.45) is 0 Å². The molecule has 0 fully saturated rings. The van der Waals surface area contributed by atoms with Crippen LogP contribution in [0, 0.1) is 6.92 Å². The van der Waals surface area contributed by atoms with Crippen molar-refractivity contribution in [2.75, 3.05) is 26.5 Å². The minimum absolute atomic E-state index is 0.0873. The van der Waals surface area contributed by atoms with Crippen LogP contribution in [0.15, 0.2) is 46.9 Å². The van der Waals surface area contributed by atoms with E-state index in [2.05, 4.69) is 46.8 Å². The van der Waals surface area contributed by atoms with E-state index in [1.807, 2.05) is 21.4 Å². The van der Waals surface area contributed by atoms with E-state index in [1.165, 1.54) is 22.9 Å². The lowest BCUT2D eigenvalue weighted by molar-refractivity contribution is -0.129. The van der Waals surface area contributed by atoms with Crippen LogP contribution < -0.4 is 9.47 Å². The third-order valence-electron chi connectivity index (χ3n) is 5.86. The summed E-state index contributed by atoms with van der Waals surface area (Å²) in [4.78, 5) is 15.8. The Morgan fingerprint density at radius 1 is 1.09 bits per heavy atom. The van der Waals surface area contributed by atoms with Crippen LogP contribution in [-0.4, -0.2) is 51.9 Å². The first kappa shape index (κ1) is 21.8. The summed E-state index contributed by atoms with van der Waals surface area (Å²) in [7, 11) is 3.26. The molecule has 0 N–H and O–H groups in total. The van der Waals surface area contributed by atoms with Crippen molar-refractivity contribution in [3.8, 4) is 22.8 Å². The molecule has 0 saturated heterocycles. The number of thiazole rings is 1. The van der Waals surface area contributed by atoms with Gasteiger partial charge in [0, 0.05) is 18.5 Å². The Kier molecular flexibility index (Phi) is 5.99. The third-order valence-corrected chi connectivity index (χ3v) is 7.59. The van der Waals surface area contributed by atoms with Crippen LogP contribution in [0.3, 0.4) is 0 Å². The van der Waals surface area contributed by atoms with Crippen molar-refractivity contribution in [2.45, 2.75) is 25.0 Å². The van der Waals surface area contributed by atoms with E-state index in [-0.39, 0.29) is 5.91 Å². The number of methoxy groups -OCH3 is 2. The van der Waals surface area contributed by atoms with Gasteiger partial charge in [-0.1, -0.05) is 41.6 Å². The Labute approximate surface area is 200 Å². The van der Waals surface area contributed by atoms with Crippen molar-refractivity contribution < 1.29 is 14.3 Å². The van der Waals surface area contributed by atoms with Gasteiger partial charge in [-0.15, -0.1) is 21.5 Å². The first-order valence-electron chi connectivity index (χ1n) is 10.6. The number of thioether (sulfide) groups is 1. The molecule has 0 unspecified atom stereocenters. The van der Waals surface area contributed by atoms with E-state index in [0.29, 0.717) is 24.6 Å². The highest BCUT2D eigenvalue weighted by atomic mass is 32.2. The van der Waals surface area contributed by atoms with Crippen molar-refractivity contribution in [3.05, 3.63) is 58.5 Å². The summed E-state index contributed by atoms with van der Waals surface area (Å²) in [6.07, 6.45) is 0.795. The van der Waals surface area contributed by atoms with Crippen molar-refractivity contribution in [1.82, 2.24) is 19.5 Å². The second-order valence-electron chi connectivity index (χ2n) is 7.92. The Balaban J connectivity index is 1.31. The molecule has 0 aliphatic carbocycles. The maximum absolute atomic E-state index is 13.0. The molecular weight excluding hydrogens is 456 g/mol. The van der Waals surface area contributed by atoms with Crippen LogP contribution in [0.4, 0.5) is 0 Å². The molecule has 0 atom stereocenters. The number of benzene rings is 2. The standard InChI is InChI=1S/C24H24N4O3S2/c1-15-4-6-16(7-5-15)19-13-32-23-25-26-24(28(19)23)33-14-22(29)27-9-8-17-10-20(30-2)21(31-3)11-18(17)12-27/h4-7,10-11,13H,8-9,12,14H2,1-3H3. The maximum atomic E-state index is 13.0. The van der Waals surface area contributed by atoms with Gasteiger partial charge in [-0.25, -0.2) is 0 Å². The molecule has 7 nitrogen and oxygen atoms in total. The number of rotatable bonds is 6. The zero-order valence-electron chi connectivity index (χ0n) is 18.7. The lowest BCUT2D eigenvalue weighted by atomic mass is 9.99. The average molecular weight is 481 g/mol. The predicted molar refractivity (Wildman–Crippen MR) is 130 cm³/mol. The van der Waals surface area contributed by atoms with E-state index < -0.39 is 0 Å². The summed E-state index contributed by atoms with van der Waals surface area (Å²) in [6.45, 7) is 3.33. The number of amides is 1. The highest BCUT2D eigenvalue weighted by molar-refractivity contribution is 7.99. The Morgan fingerprint density at radius 2 is 1.82 bits per heavy atom. The summed E-state index contributed by atoms with van der Waals surface area (Å²) in [5.41, 5.74) is 5.67. The van der Waals surface area contributed by atoms with Crippen LogP contribution in [0.25, 0.3) is 16.2 Å². The number of hydrogen-bond donors (Lipinski definition) is 0. The molecule has 1 amide bonds. The van der Waals surface area contributed by atoms with Gasteiger partial charge in [-0.2, -0.15) is 0 Å². The molecule has 0 bridgehead atoms. The number of carbonyl (C=O) groups excluding carboxylic acids is 1. The van der Waals surface area contributed by atoms with Crippen molar-refractivity contribution >= 4 is 34.0 Å². The molecule has 170 valence electrons. The average Bonchev–Trinajstić information content (AvgIpc) is 3.44. The summed E-state index contributed by atoms with van der Waals surface area (Å²) in [6, 6.07) is 12.4. The second kappa shape index (κ2) is 9.07. The van der Waals surface area contributed by atoms with Crippen LogP contribution in [0.5, 0.6) is 11.5 Å². The van der Waals surface area contributed by atoms with E-state index in [4.69, 9.17) is 9.47 Å². The van der Waals surface area contributed by atoms with E-state index in [1.54, 1.807) is 25.6 Å². The molecular formula is C24H24N4O3S2. The number of hydrogen-bond acceptors (Lipinski definition) is 7. The molecule has 0 saturated carbocycles. The van der Waals surface area contributed by atoms with Crippen LogP contribution in [-0.2, 0) is 17.8 Å². The number of fused-ring (bicyclic) bond motifs is 2. The molecule has 2 aromatic heterocycles. The summed E-state index contributed by atoms with van der Waals surface area (Å²) in [5, 5.41) is 11.5. The van der Waals surface area contributed by atoms with Gasteiger partial charge < -0.3 is 14.4 Å². The van der Waals surface area contributed by atoms with Crippen LogP contribution in [0.1, 0.15) is 16.7 Å². The maximum Gasteiger partial charge on any atom is 0.233 e. The Bertz CT molecular complexity index is 1310. The fourth-order valence-corrected chi connectivity index (χ4v) is 5.77. The molecule has 3 heterocycles. The van der Waals surface area contributed by atoms with Gasteiger partial charge in [-0.3, -0.25) is 9.20 Å². The summed E-state index contributed by atoms with van der Waals surface area (Å²) >= 11 is 2.98. The van der Waals surface area contributed by atoms with Gasteiger partial charge in [0.25, 0.3) is 0 Å². The van der Waals surface area contributed by atoms with Crippen LogP contribution >= 0.6 is 23.1 Å². The second-order valence-corrected chi connectivity index (χ2v) is 9.70. The topological polar surface area (TPSA) is 69.0 Å². The Hall–Kier alpha value is -3.04. The molecule has 0 radical (unpaired) electrons. The van der Waals surface area contributed by atoms with Gasteiger partial charge in [0.05, 0.1) is 25.7 Å². The van der Waals surface area contributed by atoms with E-state index in [0.717, 1.165) is 39.1 Å². The van der Waals surface area contributed by atoms with Crippen molar-refractivity contribution in [1.29, 1.82) is 0 Å². The zero-order chi connectivity index (χ0) is 22.9. The van der Waals surface area contributed by atoms with Gasteiger partial charge in [-0.05, 0) is 42.2 Å². The smallest absolute Gasteiger partial charge is 0.233 e. The number of nitrogens with zero attached hydrogens (tertiary/aromatic N) is 4. The molecule has 9 heteroatoms. The van der Waals surface area contributed by atoms with E-state index in [9.17, 15) is 4.79 Å². The van der Waals surface area contributed by atoms with Gasteiger partial charge in [0.15, 0.2) is 16.7 Å². The van der Waals surface area contributed by atoms with Gasteiger partial charge in [0.2, 0.25) is 10.9 Å². The number of aryl methyl sites for hydroxylation is 1. The monoisotopic (exact) mass is 480 g/mol. The normalized spacial score (nSPS) is 13.2. The number of carbonyl (C=O) groups is 1. The first-order chi connectivity index (χ1) is 16.1. The molecule has 33 heavy (non-hydrogen) atoms. The molecule has 5 rings (SSSR count). The molecule has 1 aliphatic heterocycles. The minimum atomic E-state index is 0.0873. The predicted octanol–water partition coefficient (Wildman–Crippen LogP) is 4.46. The molecule has 0 spiro atoms. The molecule has 1 aliphatic rings. The summed E-state index contributed by atoms with van der Waals surface area (Å²) < 4.78 is 12.9. The van der Waals surface area contributed by atoms with E-state index >= 15 is 0 Å². The zero-order valence-corrected chi connectivity index (χ0v) is 20.3. The largest absolute Gasteiger partial charge is 0.493 e. The molecule has 4 aromatic rings. The highest BCUT2D eigenvalue weighted by Gasteiger charge is 2.24. The minimum Gasteiger partial charge on any atom is -0.493 e. The Morgan fingerprint density at radius 3 is 2.55 bits per heavy atom. The SMILES string of the molecule is COc1cc2c(cc1OC)CN(C(=O)CSc1nnc3scc(-c4ccc(C)cc4)n13)CC2. The lowest BCUT2D eigenvalue weighted by Crippen LogP contribution is -2.37. The lowest BCUT2D eigenvalue weighted by Gasteiger charge is -2.29. The van der Waals surface area contributed by atoms with Gasteiger partial charge in [0.1, 0.15) is 0 Å². The fraction of sp³-hybridized carbons (Fsp3) is 0.292. The number of ether oxygens (including phenoxy) is 2. The van der Waals surface area contributed by atoms with Gasteiger partial charge >= 0.3 is 0 Å². The van der Waals surface area contributed by atoms with Crippen molar-refractivity contribution in [3.63, 3.8) is 0 Å². The van der Waals surface area contributed by atoms with Crippen LogP contribution in [0.2, 0.25) is 0 Å². The first-order valence-corrected chi connectivity index (χ1v) is 12.5. The number of aromatic nitrogens is 3.